The fourth-order valence-corrected chi connectivity index (χ4v) is 4.82. The predicted molar refractivity (Wildman–Crippen MR) is 107 cm³/mol. The summed E-state index contributed by atoms with van der Waals surface area (Å²) in [6, 6.07) is 11.8. The van der Waals surface area contributed by atoms with E-state index in [0.29, 0.717) is 45.2 Å². The number of hydrogen-bond donors (Lipinski definition) is 0. The molecule has 0 bridgehead atoms. The molecule has 0 aromatic heterocycles. The molecular weight excluding hydrogens is 391 g/mol. The summed E-state index contributed by atoms with van der Waals surface area (Å²) in [7, 11) is -3.44. The van der Waals surface area contributed by atoms with Gasteiger partial charge in [0, 0.05) is 24.9 Å². The van der Waals surface area contributed by atoms with Crippen molar-refractivity contribution in [2.45, 2.75) is 24.7 Å². The monoisotopic (exact) mass is 410 g/mol. The van der Waals surface area contributed by atoms with Gasteiger partial charge in [-0.25, -0.2) is 8.42 Å². The van der Waals surface area contributed by atoms with E-state index < -0.39 is 10.0 Å². The highest BCUT2D eigenvalue weighted by Crippen LogP contribution is 2.26. The van der Waals surface area contributed by atoms with Crippen molar-refractivity contribution < 1.29 is 8.42 Å². The second kappa shape index (κ2) is 8.09. The maximum Gasteiger partial charge on any atom is 0.243 e. The van der Waals surface area contributed by atoms with Gasteiger partial charge in [0.2, 0.25) is 10.0 Å². The molecule has 7 heteroatoms. The number of hydrogen-bond acceptors (Lipinski definition) is 3. The Bertz CT molecular complexity index is 883. The number of rotatable bonds is 4. The number of halogens is 2. The van der Waals surface area contributed by atoms with Crippen molar-refractivity contribution in [1.82, 2.24) is 4.31 Å². The van der Waals surface area contributed by atoms with E-state index in [0.717, 1.165) is 12.8 Å². The van der Waals surface area contributed by atoms with Crippen molar-refractivity contribution in [1.29, 1.82) is 0 Å². The minimum absolute atomic E-state index is 0.293. The number of benzene rings is 2. The van der Waals surface area contributed by atoms with Crippen molar-refractivity contribution >= 4 is 45.1 Å². The Morgan fingerprint density at radius 3 is 2.19 bits per heavy atom. The van der Waals surface area contributed by atoms with E-state index in [1.165, 1.54) is 0 Å². The highest BCUT2D eigenvalue weighted by Gasteiger charge is 2.27. The van der Waals surface area contributed by atoms with Gasteiger partial charge in [0.25, 0.3) is 0 Å². The van der Waals surface area contributed by atoms with Crippen LogP contribution in [0.5, 0.6) is 0 Å². The third kappa shape index (κ3) is 4.29. The van der Waals surface area contributed by atoms with E-state index >= 15 is 0 Å². The first-order valence-electron chi connectivity index (χ1n) is 8.46. The fraction of sp³-hybridized carbons (Fsp3) is 0.316. The van der Waals surface area contributed by atoms with Crippen LogP contribution < -0.4 is 0 Å². The summed E-state index contributed by atoms with van der Waals surface area (Å²) < 4.78 is 27.0. The average molecular weight is 411 g/mol. The van der Waals surface area contributed by atoms with E-state index in [9.17, 15) is 8.42 Å². The van der Waals surface area contributed by atoms with Gasteiger partial charge in [0.05, 0.1) is 20.6 Å². The largest absolute Gasteiger partial charge is 0.256 e. The zero-order chi connectivity index (χ0) is 18.7. The summed E-state index contributed by atoms with van der Waals surface area (Å²) in [5, 5.41) is 1.03. The topological polar surface area (TPSA) is 49.7 Å². The molecule has 1 saturated heterocycles. The Kier molecular flexibility index (Phi) is 6.03. The Hall–Kier alpha value is -1.40. The lowest BCUT2D eigenvalue weighted by atomic mass is 10.0. The standard InChI is InChI=1S/C19H20Cl2N2O2S/c1-14-9-11-23(12-10-14)26(24,25)16-7-5-15(6-8-16)22-13-17-18(20)3-2-4-19(17)21/h2-8,13-14H,9-12H2,1H3. The van der Waals surface area contributed by atoms with Gasteiger partial charge >= 0.3 is 0 Å². The van der Waals surface area contributed by atoms with Crippen molar-refractivity contribution in [3.8, 4) is 0 Å². The lowest BCUT2D eigenvalue weighted by Crippen LogP contribution is -2.37. The van der Waals surface area contributed by atoms with Crippen LogP contribution in [0.3, 0.4) is 0 Å². The van der Waals surface area contributed by atoms with Gasteiger partial charge in [-0.15, -0.1) is 0 Å². The molecule has 4 nitrogen and oxygen atoms in total. The van der Waals surface area contributed by atoms with Gasteiger partial charge < -0.3 is 0 Å². The molecule has 0 N–H and O–H groups in total. The van der Waals surface area contributed by atoms with Gasteiger partial charge in [-0.05, 0) is 55.2 Å². The van der Waals surface area contributed by atoms with Gasteiger partial charge in [0.15, 0.2) is 0 Å². The van der Waals surface area contributed by atoms with Gasteiger partial charge in [0.1, 0.15) is 0 Å². The lowest BCUT2D eigenvalue weighted by molar-refractivity contribution is 0.288. The number of piperidine rings is 1. The highest BCUT2D eigenvalue weighted by molar-refractivity contribution is 7.89. The second-order valence-corrected chi connectivity index (χ2v) is 9.23. The van der Waals surface area contributed by atoms with Crippen LogP contribution >= 0.6 is 23.2 Å². The fourth-order valence-electron chi connectivity index (χ4n) is 2.85. The zero-order valence-corrected chi connectivity index (χ0v) is 16.7. The second-order valence-electron chi connectivity index (χ2n) is 6.47. The molecule has 0 radical (unpaired) electrons. The van der Waals surface area contributed by atoms with Crippen LogP contribution in [0.15, 0.2) is 52.4 Å². The minimum atomic E-state index is -3.44. The first-order valence-corrected chi connectivity index (χ1v) is 10.7. The van der Waals surface area contributed by atoms with Crippen LogP contribution in [0.25, 0.3) is 0 Å². The molecule has 2 aromatic carbocycles. The number of sulfonamides is 1. The lowest BCUT2D eigenvalue weighted by Gasteiger charge is -2.29. The third-order valence-corrected chi connectivity index (χ3v) is 7.13. The smallest absolute Gasteiger partial charge is 0.243 e. The SMILES string of the molecule is CC1CCN(S(=O)(=O)c2ccc(N=Cc3c(Cl)cccc3Cl)cc2)CC1. The van der Waals surface area contributed by atoms with E-state index in [1.54, 1.807) is 53.0 Å². The molecular formula is C19H20Cl2N2O2S. The van der Waals surface area contributed by atoms with Crippen LogP contribution in [0.4, 0.5) is 5.69 Å². The van der Waals surface area contributed by atoms with Crippen LogP contribution in [0.2, 0.25) is 10.0 Å². The molecule has 138 valence electrons. The van der Waals surface area contributed by atoms with E-state index in [2.05, 4.69) is 11.9 Å². The maximum atomic E-state index is 12.7. The number of nitrogens with zero attached hydrogens (tertiary/aromatic N) is 2. The number of aliphatic imine (C=N–C) groups is 1. The Morgan fingerprint density at radius 2 is 1.62 bits per heavy atom. The van der Waals surface area contributed by atoms with Gasteiger partial charge in [-0.3, -0.25) is 4.99 Å². The summed E-state index contributed by atoms with van der Waals surface area (Å²) in [5.74, 6) is 0.579. The van der Waals surface area contributed by atoms with Crippen LogP contribution in [0, 0.1) is 5.92 Å². The summed E-state index contributed by atoms with van der Waals surface area (Å²) in [4.78, 5) is 4.63. The Labute approximate surface area is 164 Å². The molecule has 1 fully saturated rings. The molecule has 26 heavy (non-hydrogen) atoms. The summed E-state index contributed by atoms with van der Waals surface area (Å²) in [5.41, 5.74) is 1.27. The Morgan fingerprint density at radius 1 is 1.04 bits per heavy atom. The summed E-state index contributed by atoms with van der Waals surface area (Å²) >= 11 is 12.2. The molecule has 0 saturated carbocycles. The molecule has 1 heterocycles. The van der Waals surface area contributed by atoms with Crippen LogP contribution in [-0.4, -0.2) is 32.0 Å². The van der Waals surface area contributed by atoms with Gasteiger partial charge in [-0.2, -0.15) is 4.31 Å². The molecule has 1 aliphatic rings. The minimum Gasteiger partial charge on any atom is -0.256 e. The van der Waals surface area contributed by atoms with Gasteiger partial charge in [-0.1, -0.05) is 36.2 Å². The van der Waals surface area contributed by atoms with Crippen LogP contribution in [-0.2, 0) is 10.0 Å². The first kappa shape index (κ1) is 19.4. The molecule has 0 aliphatic carbocycles. The molecule has 3 rings (SSSR count). The van der Waals surface area contributed by atoms with E-state index in [-0.39, 0.29) is 0 Å². The third-order valence-electron chi connectivity index (χ3n) is 4.56. The molecule has 2 aromatic rings. The highest BCUT2D eigenvalue weighted by atomic mass is 35.5. The maximum absolute atomic E-state index is 12.7. The van der Waals surface area contributed by atoms with Crippen molar-refractivity contribution in [3.63, 3.8) is 0 Å². The van der Waals surface area contributed by atoms with Crippen molar-refractivity contribution in [2.75, 3.05) is 13.1 Å². The molecule has 1 aliphatic heterocycles. The molecule has 0 atom stereocenters. The first-order chi connectivity index (χ1) is 12.4. The van der Waals surface area contributed by atoms with E-state index in [1.807, 2.05) is 0 Å². The molecule has 0 amide bonds. The van der Waals surface area contributed by atoms with Crippen molar-refractivity contribution in [3.05, 3.63) is 58.1 Å². The normalized spacial score (nSPS) is 17.0. The summed E-state index contributed by atoms with van der Waals surface area (Å²) in [6.45, 7) is 3.31. The zero-order valence-electron chi connectivity index (χ0n) is 14.4. The molecule has 0 unspecified atom stereocenters. The van der Waals surface area contributed by atoms with Crippen LogP contribution in [0.1, 0.15) is 25.3 Å². The molecule has 0 spiro atoms. The predicted octanol–water partition coefficient (Wildman–Crippen LogP) is 5.16. The summed E-state index contributed by atoms with van der Waals surface area (Å²) in [6.07, 6.45) is 3.39. The Balaban J connectivity index is 1.77. The van der Waals surface area contributed by atoms with E-state index in [4.69, 9.17) is 23.2 Å². The van der Waals surface area contributed by atoms with Crippen molar-refractivity contribution in [2.24, 2.45) is 10.9 Å². The average Bonchev–Trinajstić information content (AvgIpc) is 2.62. The quantitative estimate of drug-likeness (QED) is 0.653.